The van der Waals surface area contributed by atoms with Crippen LogP contribution in [-0.2, 0) is 6.54 Å². The lowest BCUT2D eigenvalue weighted by atomic mass is 9.84. The van der Waals surface area contributed by atoms with Crippen LogP contribution in [0.3, 0.4) is 0 Å². The van der Waals surface area contributed by atoms with Crippen molar-refractivity contribution in [2.75, 3.05) is 13.1 Å². The molecule has 0 amide bonds. The summed E-state index contributed by atoms with van der Waals surface area (Å²) in [6.07, 6.45) is 7.79. The summed E-state index contributed by atoms with van der Waals surface area (Å²) in [5, 5.41) is 0. The van der Waals surface area contributed by atoms with Gasteiger partial charge in [0.2, 0.25) is 0 Å². The molecule has 140 valence electrons. The van der Waals surface area contributed by atoms with Crippen molar-refractivity contribution in [3.8, 4) is 0 Å². The zero-order valence-electron chi connectivity index (χ0n) is 16.4. The van der Waals surface area contributed by atoms with Crippen LogP contribution in [-0.4, -0.2) is 28.0 Å². The Kier molecular flexibility index (Phi) is 5.40. The number of H-pyrrole nitrogens is 1. The molecule has 2 aromatic carbocycles. The summed E-state index contributed by atoms with van der Waals surface area (Å²) < 4.78 is 0. The van der Waals surface area contributed by atoms with E-state index in [1.54, 1.807) is 6.33 Å². The molecule has 3 heteroatoms. The SMILES string of the molecule is Cc1cccc(C(c2cccc(CN3CCCCC3)c2)c2cnc[nH]2)c1C. The highest BCUT2D eigenvalue weighted by molar-refractivity contribution is 5.46. The van der Waals surface area contributed by atoms with E-state index in [9.17, 15) is 0 Å². The number of benzene rings is 2. The predicted molar refractivity (Wildman–Crippen MR) is 111 cm³/mol. The van der Waals surface area contributed by atoms with E-state index < -0.39 is 0 Å². The van der Waals surface area contributed by atoms with Crippen LogP contribution in [0, 0.1) is 13.8 Å². The number of imidazole rings is 1. The normalized spacial score (nSPS) is 16.4. The molecule has 0 radical (unpaired) electrons. The zero-order valence-corrected chi connectivity index (χ0v) is 16.4. The molecule has 1 atom stereocenters. The molecule has 1 saturated heterocycles. The van der Waals surface area contributed by atoms with E-state index in [2.05, 4.69) is 71.2 Å². The van der Waals surface area contributed by atoms with Gasteiger partial charge in [0.25, 0.3) is 0 Å². The third kappa shape index (κ3) is 3.98. The van der Waals surface area contributed by atoms with Crippen LogP contribution in [0.15, 0.2) is 55.0 Å². The Morgan fingerprint density at radius 2 is 1.85 bits per heavy atom. The molecule has 1 N–H and O–H groups in total. The van der Waals surface area contributed by atoms with Crippen LogP contribution in [0.25, 0.3) is 0 Å². The van der Waals surface area contributed by atoms with Gasteiger partial charge in [0.15, 0.2) is 0 Å². The largest absolute Gasteiger partial charge is 0.348 e. The number of aromatic nitrogens is 2. The Labute approximate surface area is 162 Å². The maximum Gasteiger partial charge on any atom is 0.0922 e. The van der Waals surface area contributed by atoms with Gasteiger partial charge in [-0.2, -0.15) is 0 Å². The summed E-state index contributed by atoms with van der Waals surface area (Å²) in [7, 11) is 0. The Hall–Kier alpha value is -2.39. The highest BCUT2D eigenvalue weighted by Gasteiger charge is 2.21. The highest BCUT2D eigenvalue weighted by Crippen LogP contribution is 2.34. The second-order valence-corrected chi connectivity index (χ2v) is 7.81. The fraction of sp³-hybridized carbons (Fsp3) is 0.375. The van der Waals surface area contributed by atoms with Crippen LogP contribution in [0.5, 0.6) is 0 Å². The van der Waals surface area contributed by atoms with Gasteiger partial charge in [0.05, 0.1) is 12.2 Å². The number of aromatic amines is 1. The van der Waals surface area contributed by atoms with E-state index in [0.717, 1.165) is 12.2 Å². The molecule has 1 unspecified atom stereocenters. The van der Waals surface area contributed by atoms with E-state index in [1.165, 1.54) is 60.2 Å². The van der Waals surface area contributed by atoms with Crippen molar-refractivity contribution in [1.82, 2.24) is 14.9 Å². The van der Waals surface area contributed by atoms with E-state index in [1.807, 2.05) is 6.20 Å². The van der Waals surface area contributed by atoms with Gasteiger partial charge < -0.3 is 4.98 Å². The average Bonchev–Trinajstić information content (AvgIpc) is 3.21. The van der Waals surface area contributed by atoms with Crippen LogP contribution < -0.4 is 0 Å². The minimum atomic E-state index is 0.189. The minimum absolute atomic E-state index is 0.189. The molecule has 0 spiro atoms. The lowest BCUT2D eigenvalue weighted by Gasteiger charge is -2.27. The maximum absolute atomic E-state index is 4.30. The molecule has 4 rings (SSSR count). The van der Waals surface area contributed by atoms with Gasteiger partial charge in [-0.3, -0.25) is 4.90 Å². The molecule has 1 aliphatic heterocycles. The van der Waals surface area contributed by atoms with Crippen LogP contribution >= 0.6 is 0 Å². The highest BCUT2D eigenvalue weighted by atomic mass is 15.1. The molecule has 0 aliphatic carbocycles. The average molecular weight is 360 g/mol. The zero-order chi connectivity index (χ0) is 18.6. The first-order chi connectivity index (χ1) is 13.2. The molecule has 3 aromatic rings. The first-order valence-corrected chi connectivity index (χ1v) is 10.1. The van der Waals surface area contributed by atoms with Crippen molar-refractivity contribution >= 4 is 0 Å². The quantitative estimate of drug-likeness (QED) is 0.679. The fourth-order valence-electron chi connectivity index (χ4n) is 4.28. The number of hydrogen-bond donors (Lipinski definition) is 1. The van der Waals surface area contributed by atoms with Crippen molar-refractivity contribution in [3.05, 3.63) is 88.5 Å². The Morgan fingerprint density at radius 3 is 2.63 bits per heavy atom. The van der Waals surface area contributed by atoms with E-state index in [-0.39, 0.29) is 5.92 Å². The predicted octanol–water partition coefficient (Wildman–Crippen LogP) is 5.19. The molecular formula is C24H29N3. The first-order valence-electron chi connectivity index (χ1n) is 10.1. The van der Waals surface area contributed by atoms with Gasteiger partial charge in [-0.05, 0) is 67.6 Å². The van der Waals surface area contributed by atoms with E-state index >= 15 is 0 Å². The number of likely N-dealkylation sites (tertiary alicyclic amines) is 1. The second-order valence-electron chi connectivity index (χ2n) is 7.81. The van der Waals surface area contributed by atoms with Crippen LogP contribution in [0.2, 0.25) is 0 Å². The molecule has 2 heterocycles. The molecule has 1 aromatic heterocycles. The lowest BCUT2D eigenvalue weighted by molar-refractivity contribution is 0.221. The van der Waals surface area contributed by atoms with Gasteiger partial charge in [-0.15, -0.1) is 0 Å². The summed E-state index contributed by atoms with van der Waals surface area (Å²) in [5.41, 5.74) is 7.94. The Balaban J connectivity index is 1.70. The lowest BCUT2D eigenvalue weighted by Crippen LogP contribution is -2.29. The molecule has 1 fully saturated rings. The summed E-state index contributed by atoms with van der Waals surface area (Å²) in [6.45, 7) is 7.92. The summed E-state index contributed by atoms with van der Waals surface area (Å²) in [4.78, 5) is 10.2. The van der Waals surface area contributed by atoms with Gasteiger partial charge >= 0.3 is 0 Å². The number of aryl methyl sites for hydroxylation is 1. The van der Waals surface area contributed by atoms with Crippen molar-refractivity contribution < 1.29 is 0 Å². The first kappa shape index (κ1) is 18.0. The Bertz CT molecular complexity index is 876. The summed E-state index contributed by atoms with van der Waals surface area (Å²) in [5.74, 6) is 0.189. The van der Waals surface area contributed by atoms with Crippen molar-refractivity contribution in [2.24, 2.45) is 0 Å². The van der Waals surface area contributed by atoms with E-state index in [0.29, 0.717) is 0 Å². The summed E-state index contributed by atoms with van der Waals surface area (Å²) >= 11 is 0. The summed E-state index contributed by atoms with van der Waals surface area (Å²) in [6, 6.07) is 15.7. The minimum Gasteiger partial charge on any atom is -0.348 e. The van der Waals surface area contributed by atoms with Gasteiger partial charge in [0, 0.05) is 18.4 Å². The third-order valence-corrected chi connectivity index (χ3v) is 5.93. The van der Waals surface area contributed by atoms with Gasteiger partial charge in [-0.25, -0.2) is 4.98 Å². The fourth-order valence-corrected chi connectivity index (χ4v) is 4.28. The van der Waals surface area contributed by atoms with Crippen LogP contribution in [0.4, 0.5) is 0 Å². The number of piperidine rings is 1. The standard InChI is InChI=1S/C24H29N3/c1-18-8-6-11-22(19(18)2)24(23-15-25-17-26-23)21-10-7-9-20(14-21)16-27-12-4-3-5-13-27/h6-11,14-15,17,24H,3-5,12-13,16H2,1-2H3,(H,25,26). The van der Waals surface area contributed by atoms with Crippen molar-refractivity contribution in [1.29, 1.82) is 0 Å². The number of nitrogens with one attached hydrogen (secondary N) is 1. The maximum atomic E-state index is 4.30. The topological polar surface area (TPSA) is 31.9 Å². The van der Waals surface area contributed by atoms with Crippen LogP contribution in [0.1, 0.15) is 58.7 Å². The second kappa shape index (κ2) is 8.10. The molecule has 0 saturated carbocycles. The van der Waals surface area contributed by atoms with Crippen molar-refractivity contribution in [2.45, 2.75) is 45.6 Å². The van der Waals surface area contributed by atoms with Gasteiger partial charge in [-0.1, -0.05) is 48.9 Å². The molecule has 1 aliphatic rings. The third-order valence-electron chi connectivity index (χ3n) is 5.93. The monoisotopic (exact) mass is 359 g/mol. The number of rotatable bonds is 5. The molecule has 0 bridgehead atoms. The number of nitrogens with zero attached hydrogens (tertiary/aromatic N) is 2. The molecule has 27 heavy (non-hydrogen) atoms. The Morgan fingerprint density at radius 1 is 1.04 bits per heavy atom. The molecule has 3 nitrogen and oxygen atoms in total. The van der Waals surface area contributed by atoms with Crippen molar-refractivity contribution in [3.63, 3.8) is 0 Å². The number of hydrogen-bond acceptors (Lipinski definition) is 2. The molecular weight excluding hydrogens is 330 g/mol. The van der Waals surface area contributed by atoms with Gasteiger partial charge in [0.1, 0.15) is 0 Å². The van der Waals surface area contributed by atoms with E-state index in [4.69, 9.17) is 0 Å². The smallest absolute Gasteiger partial charge is 0.0922 e.